The van der Waals surface area contributed by atoms with Crippen molar-refractivity contribution in [1.29, 1.82) is 0 Å². The van der Waals surface area contributed by atoms with Crippen LogP contribution in [0.5, 0.6) is 11.5 Å². The summed E-state index contributed by atoms with van der Waals surface area (Å²) in [6.45, 7) is 7.92. The van der Waals surface area contributed by atoms with Crippen molar-refractivity contribution in [2.45, 2.75) is 34.1 Å². The molecule has 2 rings (SSSR count). The van der Waals surface area contributed by atoms with Crippen molar-refractivity contribution in [2.24, 2.45) is 5.41 Å². The minimum atomic E-state index is -0.576. The fourth-order valence-electron chi connectivity index (χ4n) is 3.46. The highest BCUT2D eigenvalue weighted by Crippen LogP contribution is 2.36. The molecule has 0 aliphatic heterocycles. The zero-order valence-corrected chi connectivity index (χ0v) is 21.0. The Morgan fingerprint density at radius 2 is 1.85 bits per heavy atom. The van der Waals surface area contributed by atoms with Gasteiger partial charge in [0.05, 0.1) is 13.7 Å². The lowest BCUT2D eigenvalue weighted by Gasteiger charge is -2.31. The predicted molar refractivity (Wildman–Crippen MR) is 133 cm³/mol. The quantitative estimate of drug-likeness (QED) is 0.294. The minimum absolute atomic E-state index is 0.225. The average molecular weight is 490 g/mol. The zero-order valence-electron chi connectivity index (χ0n) is 20.3. The van der Waals surface area contributed by atoms with Gasteiger partial charge < -0.3 is 24.2 Å². The Labute approximate surface area is 205 Å². The van der Waals surface area contributed by atoms with Gasteiger partial charge in [0.2, 0.25) is 0 Å². The molecular weight excluding hydrogens is 458 g/mol. The smallest absolute Gasteiger partial charge is 0.330 e. The molecule has 2 aromatic rings. The SMILES string of the molecule is CCOC(=O)/C=C/C(=O)N(CC(C)(C)C)c1ccc(Cl)cc1Cc1cccc(OCO)c1OC. The monoisotopic (exact) mass is 489 g/mol. The van der Waals surface area contributed by atoms with Crippen molar-refractivity contribution in [2.75, 3.05) is 32.0 Å². The van der Waals surface area contributed by atoms with Gasteiger partial charge in [-0.25, -0.2) is 4.79 Å². The molecule has 0 aliphatic rings. The van der Waals surface area contributed by atoms with Gasteiger partial charge in [0, 0.05) is 41.4 Å². The minimum Gasteiger partial charge on any atom is -0.493 e. The molecule has 0 unspecified atom stereocenters. The van der Waals surface area contributed by atoms with E-state index >= 15 is 0 Å². The molecule has 2 aromatic carbocycles. The van der Waals surface area contributed by atoms with Gasteiger partial charge in [-0.3, -0.25) is 4.79 Å². The lowest BCUT2D eigenvalue weighted by atomic mass is 9.94. The normalized spacial score (nSPS) is 11.4. The lowest BCUT2D eigenvalue weighted by Crippen LogP contribution is -2.37. The third-order valence-corrected chi connectivity index (χ3v) is 4.98. The van der Waals surface area contributed by atoms with E-state index in [-0.39, 0.29) is 17.9 Å². The second-order valence-electron chi connectivity index (χ2n) is 8.74. The van der Waals surface area contributed by atoms with Crippen LogP contribution in [-0.4, -0.2) is 44.0 Å². The van der Waals surface area contributed by atoms with Gasteiger partial charge in [0.15, 0.2) is 18.3 Å². The lowest BCUT2D eigenvalue weighted by molar-refractivity contribution is -0.137. The number of halogens is 1. The molecule has 0 radical (unpaired) electrons. The summed E-state index contributed by atoms with van der Waals surface area (Å²) < 4.78 is 15.7. The van der Waals surface area contributed by atoms with E-state index in [1.165, 1.54) is 13.2 Å². The van der Waals surface area contributed by atoms with E-state index in [1.54, 1.807) is 42.2 Å². The number of esters is 1. The number of hydrogen-bond acceptors (Lipinski definition) is 6. The summed E-state index contributed by atoms with van der Waals surface area (Å²) in [6.07, 6.45) is 2.74. The number of amides is 1. The molecule has 8 heteroatoms. The number of carbonyl (C=O) groups excluding carboxylic acids is 2. The van der Waals surface area contributed by atoms with E-state index in [4.69, 9.17) is 25.8 Å². The molecule has 0 heterocycles. The fourth-order valence-corrected chi connectivity index (χ4v) is 3.65. The summed E-state index contributed by atoms with van der Waals surface area (Å²) in [6, 6.07) is 10.7. The van der Waals surface area contributed by atoms with Crippen molar-refractivity contribution in [3.05, 3.63) is 64.7 Å². The van der Waals surface area contributed by atoms with Crippen LogP contribution in [0, 0.1) is 5.41 Å². The number of carbonyl (C=O) groups is 2. The van der Waals surface area contributed by atoms with Crippen molar-refractivity contribution in [3.63, 3.8) is 0 Å². The highest BCUT2D eigenvalue weighted by atomic mass is 35.5. The number of hydrogen-bond donors (Lipinski definition) is 1. The van der Waals surface area contributed by atoms with Crippen LogP contribution in [0.2, 0.25) is 5.02 Å². The van der Waals surface area contributed by atoms with Gasteiger partial charge in [0.1, 0.15) is 0 Å². The first-order valence-electron chi connectivity index (χ1n) is 10.9. The second-order valence-corrected chi connectivity index (χ2v) is 9.18. The summed E-state index contributed by atoms with van der Waals surface area (Å²) in [5.74, 6) is -0.0337. The van der Waals surface area contributed by atoms with Gasteiger partial charge >= 0.3 is 5.97 Å². The van der Waals surface area contributed by atoms with Gasteiger partial charge in [-0.1, -0.05) is 44.5 Å². The van der Waals surface area contributed by atoms with Gasteiger partial charge in [-0.15, -0.1) is 0 Å². The fraction of sp³-hybridized carbons (Fsp3) is 0.385. The Morgan fingerprint density at radius 1 is 1.12 bits per heavy atom. The van der Waals surface area contributed by atoms with Crippen LogP contribution in [0.15, 0.2) is 48.6 Å². The molecule has 0 bridgehead atoms. The van der Waals surface area contributed by atoms with E-state index in [0.717, 1.165) is 17.2 Å². The molecule has 184 valence electrons. The maximum atomic E-state index is 13.2. The number of methoxy groups -OCH3 is 1. The molecule has 1 N–H and O–H groups in total. The van der Waals surface area contributed by atoms with Crippen LogP contribution in [0.3, 0.4) is 0 Å². The second kappa shape index (κ2) is 12.4. The molecule has 0 aromatic heterocycles. The largest absolute Gasteiger partial charge is 0.493 e. The molecular formula is C26H32ClNO6. The topological polar surface area (TPSA) is 85.3 Å². The first-order valence-corrected chi connectivity index (χ1v) is 11.3. The van der Waals surface area contributed by atoms with Crippen molar-refractivity contribution in [1.82, 2.24) is 0 Å². The zero-order chi connectivity index (χ0) is 25.3. The molecule has 1 amide bonds. The van der Waals surface area contributed by atoms with Crippen LogP contribution in [0.25, 0.3) is 0 Å². The Hall–Kier alpha value is -3.03. The van der Waals surface area contributed by atoms with Gasteiger partial charge in [0.25, 0.3) is 5.91 Å². The summed E-state index contributed by atoms with van der Waals surface area (Å²) in [5, 5.41) is 9.71. The van der Waals surface area contributed by atoms with Crippen LogP contribution >= 0.6 is 11.6 Å². The number of nitrogens with zero attached hydrogens (tertiary/aromatic N) is 1. The highest BCUT2D eigenvalue weighted by molar-refractivity contribution is 6.30. The van der Waals surface area contributed by atoms with Crippen LogP contribution in [-0.2, 0) is 20.7 Å². The molecule has 0 saturated carbocycles. The van der Waals surface area contributed by atoms with E-state index in [2.05, 4.69) is 0 Å². The molecule has 0 saturated heterocycles. The Balaban J connectivity index is 2.53. The molecule has 0 atom stereocenters. The Bertz CT molecular complexity index is 1030. The maximum Gasteiger partial charge on any atom is 0.330 e. The molecule has 0 spiro atoms. The third-order valence-electron chi connectivity index (χ3n) is 4.74. The van der Waals surface area contributed by atoms with E-state index in [1.807, 2.05) is 26.8 Å². The summed E-state index contributed by atoms with van der Waals surface area (Å²) in [5.41, 5.74) is 2.02. The van der Waals surface area contributed by atoms with Crippen molar-refractivity contribution >= 4 is 29.2 Å². The standard InChI is InChI=1S/C26H32ClNO6/c1-6-33-24(31)13-12-23(30)28(16-26(2,3)4)21-11-10-20(27)15-19(21)14-18-8-7-9-22(34-17-29)25(18)32-5/h7-13,15,29H,6,14,16-17H2,1-5H3/b13-12+. The number of ether oxygens (including phenoxy) is 3. The predicted octanol–water partition coefficient (Wildman–Crippen LogP) is 4.77. The third kappa shape index (κ3) is 7.78. The first-order chi connectivity index (χ1) is 16.1. The molecule has 7 nitrogen and oxygen atoms in total. The number of aliphatic hydroxyl groups is 1. The first kappa shape index (κ1) is 27.2. The number of anilines is 1. The summed E-state index contributed by atoms with van der Waals surface area (Å²) in [4.78, 5) is 26.6. The highest BCUT2D eigenvalue weighted by Gasteiger charge is 2.24. The number of aliphatic hydroxyl groups excluding tert-OH is 1. The van der Waals surface area contributed by atoms with Gasteiger partial charge in [-0.2, -0.15) is 0 Å². The summed E-state index contributed by atoms with van der Waals surface area (Å²) >= 11 is 6.32. The number of para-hydroxylation sites is 1. The van der Waals surface area contributed by atoms with Crippen LogP contribution < -0.4 is 14.4 Å². The van der Waals surface area contributed by atoms with Crippen LogP contribution in [0.1, 0.15) is 38.8 Å². The molecule has 0 fully saturated rings. The van der Waals surface area contributed by atoms with Gasteiger partial charge in [-0.05, 0) is 42.2 Å². The van der Waals surface area contributed by atoms with Crippen LogP contribution in [0.4, 0.5) is 5.69 Å². The number of benzene rings is 2. The molecule has 34 heavy (non-hydrogen) atoms. The van der Waals surface area contributed by atoms with Crippen molar-refractivity contribution in [3.8, 4) is 11.5 Å². The average Bonchev–Trinajstić information content (AvgIpc) is 2.76. The van der Waals surface area contributed by atoms with Crippen molar-refractivity contribution < 1.29 is 28.9 Å². The Morgan fingerprint density at radius 3 is 2.47 bits per heavy atom. The van der Waals surface area contributed by atoms with E-state index < -0.39 is 12.8 Å². The Kier molecular flexibility index (Phi) is 9.96. The van der Waals surface area contributed by atoms with E-state index in [0.29, 0.717) is 35.2 Å². The maximum absolute atomic E-state index is 13.2. The molecule has 0 aliphatic carbocycles. The van der Waals surface area contributed by atoms with E-state index in [9.17, 15) is 14.7 Å². The number of rotatable bonds is 10. The summed E-state index contributed by atoms with van der Waals surface area (Å²) in [7, 11) is 1.53.